The third-order valence-electron chi connectivity index (χ3n) is 4.25. The van der Waals surface area contributed by atoms with Gasteiger partial charge in [-0.1, -0.05) is 0 Å². The van der Waals surface area contributed by atoms with Crippen LogP contribution in [0.1, 0.15) is 12.5 Å². The van der Waals surface area contributed by atoms with Crippen LogP contribution in [0.3, 0.4) is 0 Å². The number of thiophene rings is 1. The number of aromatic nitrogens is 3. The molecule has 4 rings (SSSR count). The summed E-state index contributed by atoms with van der Waals surface area (Å²) in [4.78, 5) is 6.83. The normalized spacial score (nSPS) is 22.4. The standard InChI is InChI=1S/C16H18N4OS/c1-16(12-9-18-19(2)10-12)11-20(6-7-21-16)14-3-5-17-13-4-8-22-15(13)14/h3-5,8-10H,6-7,11H2,1-2H3. The van der Waals surface area contributed by atoms with E-state index >= 15 is 0 Å². The lowest BCUT2D eigenvalue weighted by Gasteiger charge is -2.41. The Balaban J connectivity index is 1.70. The number of anilines is 1. The summed E-state index contributed by atoms with van der Waals surface area (Å²) < 4.78 is 9.18. The number of rotatable bonds is 2. The number of fused-ring (bicyclic) bond motifs is 1. The Labute approximate surface area is 133 Å². The molecule has 6 heteroatoms. The molecule has 5 nitrogen and oxygen atoms in total. The fourth-order valence-electron chi connectivity index (χ4n) is 3.05. The van der Waals surface area contributed by atoms with Gasteiger partial charge in [-0.3, -0.25) is 9.67 Å². The van der Waals surface area contributed by atoms with Crippen molar-refractivity contribution in [2.24, 2.45) is 7.05 Å². The van der Waals surface area contributed by atoms with Gasteiger partial charge in [0.15, 0.2) is 0 Å². The number of nitrogens with zero attached hydrogens (tertiary/aromatic N) is 4. The highest BCUT2D eigenvalue weighted by Crippen LogP contribution is 2.35. The number of morpholine rings is 1. The van der Waals surface area contributed by atoms with Gasteiger partial charge < -0.3 is 9.64 Å². The second-order valence-electron chi connectivity index (χ2n) is 5.87. The monoisotopic (exact) mass is 314 g/mol. The van der Waals surface area contributed by atoms with E-state index in [0.717, 1.165) is 24.2 Å². The SMILES string of the molecule is Cn1cc(C2(C)CN(c3ccnc4ccsc34)CCO2)cn1. The Kier molecular flexibility index (Phi) is 3.16. The quantitative estimate of drug-likeness (QED) is 0.729. The smallest absolute Gasteiger partial charge is 0.111 e. The van der Waals surface area contributed by atoms with Crippen molar-refractivity contribution in [1.82, 2.24) is 14.8 Å². The molecule has 1 saturated heterocycles. The van der Waals surface area contributed by atoms with Crippen molar-refractivity contribution in [3.05, 3.63) is 41.7 Å². The zero-order valence-corrected chi connectivity index (χ0v) is 13.5. The molecule has 1 aliphatic rings. The van der Waals surface area contributed by atoms with Gasteiger partial charge in [-0.05, 0) is 24.4 Å². The minimum absolute atomic E-state index is 0.334. The molecule has 0 spiro atoms. The van der Waals surface area contributed by atoms with Crippen molar-refractivity contribution in [3.63, 3.8) is 0 Å². The van der Waals surface area contributed by atoms with Crippen LogP contribution in [0.25, 0.3) is 10.2 Å². The van der Waals surface area contributed by atoms with E-state index in [4.69, 9.17) is 4.74 Å². The van der Waals surface area contributed by atoms with E-state index in [9.17, 15) is 0 Å². The molecule has 0 aliphatic carbocycles. The van der Waals surface area contributed by atoms with Gasteiger partial charge in [-0.15, -0.1) is 11.3 Å². The first kappa shape index (κ1) is 13.7. The lowest BCUT2D eigenvalue weighted by atomic mass is 9.96. The molecule has 0 amide bonds. The summed E-state index contributed by atoms with van der Waals surface area (Å²) in [6.45, 7) is 4.56. The van der Waals surface area contributed by atoms with Gasteiger partial charge in [0.1, 0.15) is 5.60 Å². The highest BCUT2D eigenvalue weighted by atomic mass is 32.1. The van der Waals surface area contributed by atoms with Crippen molar-refractivity contribution in [3.8, 4) is 0 Å². The zero-order chi connectivity index (χ0) is 15.2. The Bertz CT molecular complexity index is 811. The van der Waals surface area contributed by atoms with E-state index in [-0.39, 0.29) is 5.60 Å². The van der Waals surface area contributed by atoms with Gasteiger partial charge in [0.25, 0.3) is 0 Å². The summed E-state index contributed by atoms with van der Waals surface area (Å²) in [7, 11) is 1.94. The molecule has 0 saturated carbocycles. The summed E-state index contributed by atoms with van der Waals surface area (Å²) >= 11 is 1.75. The first-order valence-corrected chi connectivity index (χ1v) is 8.24. The minimum Gasteiger partial charge on any atom is -0.367 e. The van der Waals surface area contributed by atoms with E-state index in [1.54, 1.807) is 11.3 Å². The van der Waals surface area contributed by atoms with Crippen molar-refractivity contribution in [2.75, 3.05) is 24.6 Å². The average Bonchev–Trinajstić information content (AvgIpc) is 3.15. The molecule has 114 valence electrons. The Morgan fingerprint density at radius 2 is 2.27 bits per heavy atom. The Morgan fingerprint density at radius 1 is 1.36 bits per heavy atom. The third kappa shape index (κ3) is 2.19. The Hall–Kier alpha value is -1.92. The molecular formula is C16H18N4OS. The fraction of sp³-hybridized carbons (Fsp3) is 0.375. The first-order valence-electron chi connectivity index (χ1n) is 7.36. The van der Waals surface area contributed by atoms with Gasteiger partial charge in [0.05, 0.1) is 35.3 Å². The van der Waals surface area contributed by atoms with Gasteiger partial charge >= 0.3 is 0 Å². The topological polar surface area (TPSA) is 43.2 Å². The van der Waals surface area contributed by atoms with Crippen LogP contribution >= 0.6 is 11.3 Å². The molecule has 1 fully saturated rings. The lowest BCUT2D eigenvalue weighted by Crippen LogP contribution is -2.48. The Morgan fingerprint density at radius 3 is 3.09 bits per heavy atom. The number of ether oxygens (including phenoxy) is 1. The largest absolute Gasteiger partial charge is 0.367 e. The molecule has 4 heterocycles. The predicted octanol–water partition coefficient (Wildman–Crippen LogP) is 2.78. The summed E-state index contributed by atoms with van der Waals surface area (Å²) in [6.07, 6.45) is 5.83. The van der Waals surface area contributed by atoms with E-state index < -0.39 is 0 Å². The zero-order valence-electron chi connectivity index (χ0n) is 12.7. The summed E-state index contributed by atoms with van der Waals surface area (Å²) in [6, 6.07) is 4.18. The molecule has 0 N–H and O–H groups in total. The van der Waals surface area contributed by atoms with E-state index in [2.05, 4.69) is 39.4 Å². The molecule has 0 aromatic carbocycles. The van der Waals surface area contributed by atoms with Crippen molar-refractivity contribution < 1.29 is 4.74 Å². The van der Waals surface area contributed by atoms with Crippen LogP contribution in [-0.2, 0) is 17.4 Å². The minimum atomic E-state index is -0.334. The third-order valence-corrected chi connectivity index (χ3v) is 5.18. The molecule has 3 aromatic rings. The maximum Gasteiger partial charge on any atom is 0.111 e. The molecule has 0 bridgehead atoms. The molecule has 1 atom stereocenters. The van der Waals surface area contributed by atoms with Crippen LogP contribution in [0.2, 0.25) is 0 Å². The van der Waals surface area contributed by atoms with Crippen molar-refractivity contribution in [1.29, 1.82) is 0 Å². The highest BCUT2D eigenvalue weighted by Gasteiger charge is 2.35. The number of aryl methyl sites for hydroxylation is 1. The number of hydrogen-bond acceptors (Lipinski definition) is 5. The first-order chi connectivity index (χ1) is 10.7. The second-order valence-corrected chi connectivity index (χ2v) is 6.78. The maximum absolute atomic E-state index is 6.10. The van der Waals surface area contributed by atoms with Crippen molar-refractivity contribution >= 4 is 27.2 Å². The van der Waals surface area contributed by atoms with Crippen LogP contribution < -0.4 is 4.90 Å². The molecular weight excluding hydrogens is 296 g/mol. The van der Waals surface area contributed by atoms with E-state index in [1.165, 1.54) is 10.4 Å². The second kappa shape index (κ2) is 5.07. The number of pyridine rings is 1. The van der Waals surface area contributed by atoms with E-state index in [1.807, 2.05) is 30.3 Å². The van der Waals surface area contributed by atoms with Crippen LogP contribution in [0.15, 0.2) is 36.1 Å². The van der Waals surface area contributed by atoms with Crippen LogP contribution in [-0.4, -0.2) is 34.5 Å². The van der Waals surface area contributed by atoms with E-state index in [0.29, 0.717) is 6.61 Å². The van der Waals surface area contributed by atoms with Crippen LogP contribution in [0.5, 0.6) is 0 Å². The van der Waals surface area contributed by atoms with Crippen LogP contribution in [0, 0.1) is 0 Å². The highest BCUT2D eigenvalue weighted by molar-refractivity contribution is 7.17. The molecule has 0 radical (unpaired) electrons. The summed E-state index contributed by atoms with van der Waals surface area (Å²) in [5.41, 5.74) is 3.10. The predicted molar refractivity (Wildman–Crippen MR) is 88.3 cm³/mol. The molecule has 1 aliphatic heterocycles. The van der Waals surface area contributed by atoms with Gasteiger partial charge in [-0.2, -0.15) is 5.10 Å². The fourth-order valence-corrected chi connectivity index (χ4v) is 3.95. The van der Waals surface area contributed by atoms with Gasteiger partial charge in [-0.25, -0.2) is 0 Å². The lowest BCUT2D eigenvalue weighted by molar-refractivity contribution is -0.0465. The maximum atomic E-state index is 6.10. The molecule has 3 aromatic heterocycles. The average molecular weight is 314 g/mol. The van der Waals surface area contributed by atoms with Crippen molar-refractivity contribution in [2.45, 2.75) is 12.5 Å². The van der Waals surface area contributed by atoms with Crippen LogP contribution in [0.4, 0.5) is 5.69 Å². The molecule has 22 heavy (non-hydrogen) atoms. The van der Waals surface area contributed by atoms with Gasteiger partial charge in [0, 0.05) is 31.5 Å². The summed E-state index contributed by atoms with van der Waals surface area (Å²) in [5, 5.41) is 6.39. The summed E-state index contributed by atoms with van der Waals surface area (Å²) in [5.74, 6) is 0. The van der Waals surface area contributed by atoms with Gasteiger partial charge in [0.2, 0.25) is 0 Å². The molecule has 1 unspecified atom stereocenters. The number of hydrogen-bond donors (Lipinski definition) is 0.